The molecule has 54 heavy (non-hydrogen) atoms. The van der Waals surface area contributed by atoms with Crippen LogP contribution in [0.5, 0.6) is 0 Å². The molecule has 1 aromatic heterocycles. The van der Waals surface area contributed by atoms with Crippen molar-refractivity contribution in [1.29, 1.82) is 0 Å². The molecule has 2 aromatic carbocycles. The highest BCUT2D eigenvalue weighted by molar-refractivity contribution is 9.09. The maximum atomic E-state index is 14.9. The number of esters is 1. The molecule has 0 aliphatic heterocycles. The van der Waals surface area contributed by atoms with Gasteiger partial charge in [-0.25, -0.2) is 13.6 Å². The first kappa shape index (κ1) is 44.0. The highest BCUT2D eigenvalue weighted by Gasteiger charge is 2.48. The Morgan fingerprint density at radius 1 is 0.926 bits per heavy atom. The Bertz CT molecular complexity index is 1750. The predicted octanol–water partition coefficient (Wildman–Crippen LogP) is 3.88. The van der Waals surface area contributed by atoms with Crippen molar-refractivity contribution in [3.05, 3.63) is 83.7 Å². The summed E-state index contributed by atoms with van der Waals surface area (Å²) >= 11 is 2.98. The zero-order valence-electron chi connectivity index (χ0n) is 29.8. The van der Waals surface area contributed by atoms with Gasteiger partial charge in [0.2, 0.25) is 17.5 Å². The maximum Gasteiger partial charge on any atom is 0.491 e. The minimum absolute atomic E-state index is 0.0500. The van der Waals surface area contributed by atoms with E-state index in [0.717, 1.165) is 23.8 Å². The van der Waals surface area contributed by atoms with E-state index >= 15 is 0 Å². The standard InChI is InChI=1S/C36H43BrF5N5O7/c1-34(2,3)29(27-17-23(25-18-24(38)9-10-26(25)39)21-47(27)20-22-7-5-4-6-8-22)30(49)31(50)45-12-11-35(43,54-33(52)36(40,41)42)32(51)46-14-16-53-15-13-44-28(48)19-37/h4-10,17-18,21,29-30,49H,11-16,19-20,43H2,1-3H3,(H,44,48)(H,45,50)(H,46,51)/t29-,30+,35+/m1/s1. The molecule has 3 atom stereocenters. The van der Waals surface area contributed by atoms with Crippen molar-refractivity contribution < 1.29 is 55.7 Å². The first-order chi connectivity index (χ1) is 25.3. The summed E-state index contributed by atoms with van der Waals surface area (Å²) in [4.78, 5) is 49.4. The number of nitrogens with two attached hydrogens (primary N) is 1. The molecule has 6 N–H and O–H groups in total. The van der Waals surface area contributed by atoms with Crippen LogP contribution in [0, 0.1) is 17.0 Å². The number of carbonyl (C=O) groups excluding carboxylic acids is 4. The number of benzene rings is 2. The lowest BCUT2D eigenvalue weighted by Gasteiger charge is -2.35. The Morgan fingerprint density at radius 3 is 2.19 bits per heavy atom. The molecule has 0 bridgehead atoms. The summed E-state index contributed by atoms with van der Waals surface area (Å²) in [5.74, 6) is -7.75. The van der Waals surface area contributed by atoms with Crippen molar-refractivity contribution in [1.82, 2.24) is 20.5 Å². The van der Waals surface area contributed by atoms with Gasteiger partial charge in [-0.3, -0.25) is 20.1 Å². The van der Waals surface area contributed by atoms with Crippen molar-refractivity contribution in [2.45, 2.75) is 57.7 Å². The topological polar surface area (TPSA) is 174 Å². The number of amides is 3. The van der Waals surface area contributed by atoms with E-state index in [1.54, 1.807) is 37.6 Å². The lowest BCUT2D eigenvalue weighted by Crippen LogP contribution is -2.60. The minimum atomic E-state index is -5.51. The van der Waals surface area contributed by atoms with Gasteiger partial charge in [0.15, 0.2) is 0 Å². The van der Waals surface area contributed by atoms with E-state index in [4.69, 9.17) is 10.5 Å². The molecular formula is C36H43BrF5N5O7. The number of nitrogens with zero attached hydrogens (tertiary/aromatic N) is 1. The van der Waals surface area contributed by atoms with Gasteiger partial charge in [-0.15, -0.1) is 0 Å². The number of alkyl halides is 4. The molecule has 3 aromatic rings. The average molecular weight is 833 g/mol. The Hall–Kier alpha value is -4.39. The molecule has 3 amide bonds. The second-order valence-electron chi connectivity index (χ2n) is 13.3. The number of hydrogen-bond donors (Lipinski definition) is 5. The first-order valence-corrected chi connectivity index (χ1v) is 17.8. The van der Waals surface area contributed by atoms with Gasteiger partial charge in [0, 0.05) is 61.5 Å². The van der Waals surface area contributed by atoms with Gasteiger partial charge in [0.1, 0.15) is 17.7 Å². The first-order valence-electron chi connectivity index (χ1n) is 16.7. The third-order valence-corrected chi connectivity index (χ3v) is 8.62. The van der Waals surface area contributed by atoms with E-state index in [2.05, 4.69) is 36.6 Å². The molecule has 0 radical (unpaired) electrons. The number of halogens is 6. The third-order valence-electron chi connectivity index (χ3n) is 8.11. The summed E-state index contributed by atoms with van der Waals surface area (Å²) in [6.45, 7) is 4.61. The summed E-state index contributed by atoms with van der Waals surface area (Å²) in [5, 5.41) is 18.7. The Morgan fingerprint density at radius 2 is 1.57 bits per heavy atom. The molecule has 3 rings (SSSR count). The molecule has 0 spiro atoms. The van der Waals surface area contributed by atoms with Crippen LogP contribution in [0.3, 0.4) is 0 Å². The normalized spacial score (nSPS) is 14.1. The number of hydrogen-bond acceptors (Lipinski definition) is 8. The van der Waals surface area contributed by atoms with E-state index in [9.17, 15) is 46.2 Å². The Balaban J connectivity index is 1.81. The SMILES string of the molecule is CC(C)(C)[C@H](c1cc(-c2cc(F)ccc2F)cn1Cc1ccccc1)[C@H](O)C(=O)NCC[C@](N)(OC(=O)C(F)(F)F)C(=O)NCCOCCNC(=O)CBr. The van der Waals surface area contributed by atoms with E-state index in [1.165, 1.54) is 0 Å². The summed E-state index contributed by atoms with van der Waals surface area (Å²) in [7, 11) is 0. The molecule has 0 saturated heterocycles. The zero-order valence-corrected chi connectivity index (χ0v) is 31.4. The number of aromatic nitrogens is 1. The molecule has 0 fully saturated rings. The van der Waals surface area contributed by atoms with E-state index in [0.29, 0.717) is 5.69 Å². The van der Waals surface area contributed by atoms with E-state index in [1.807, 2.05) is 30.3 Å². The Labute approximate surface area is 317 Å². The van der Waals surface area contributed by atoms with E-state index < -0.39 is 71.7 Å². The minimum Gasteiger partial charge on any atom is -0.428 e. The fourth-order valence-corrected chi connectivity index (χ4v) is 5.71. The monoisotopic (exact) mass is 831 g/mol. The quantitative estimate of drug-likeness (QED) is 0.0423. The van der Waals surface area contributed by atoms with Crippen molar-refractivity contribution in [3.63, 3.8) is 0 Å². The molecule has 0 unspecified atom stereocenters. The van der Waals surface area contributed by atoms with Crippen LogP contribution in [0.15, 0.2) is 60.8 Å². The van der Waals surface area contributed by atoms with Crippen LogP contribution in [0.1, 0.15) is 44.4 Å². The van der Waals surface area contributed by atoms with Crippen LogP contribution < -0.4 is 21.7 Å². The fraction of sp³-hybridized carbons (Fsp3) is 0.444. The second kappa shape index (κ2) is 19.3. The third kappa shape index (κ3) is 12.6. The van der Waals surface area contributed by atoms with Gasteiger partial charge >= 0.3 is 12.1 Å². The van der Waals surface area contributed by atoms with Crippen molar-refractivity contribution in [2.24, 2.45) is 11.1 Å². The number of ether oxygens (including phenoxy) is 2. The second-order valence-corrected chi connectivity index (χ2v) is 13.9. The zero-order chi connectivity index (χ0) is 40.3. The number of aliphatic hydroxyl groups is 1. The molecule has 12 nitrogen and oxygen atoms in total. The summed E-state index contributed by atoms with van der Waals surface area (Å²) in [5.41, 5.74) is 3.54. The van der Waals surface area contributed by atoms with Crippen molar-refractivity contribution in [3.8, 4) is 11.1 Å². The van der Waals surface area contributed by atoms with Crippen LogP contribution in [-0.2, 0) is 35.2 Å². The van der Waals surface area contributed by atoms with Crippen LogP contribution in [0.4, 0.5) is 22.0 Å². The predicted molar refractivity (Wildman–Crippen MR) is 191 cm³/mol. The molecule has 0 saturated carbocycles. The van der Waals surface area contributed by atoms with Gasteiger partial charge in [-0.05, 0) is 35.2 Å². The average Bonchev–Trinajstić information content (AvgIpc) is 3.49. The molecule has 296 valence electrons. The molecule has 1 heterocycles. The van der Waals surface area contributed by atoms with Crippen LogP contribution in [-0.4, -0.2) is 89.5 Å². The summed E-state index contributed by atoms with van der Waals surface area (Å²) in [6, 6.07) is 13.6. The van der Waals surface area contributed by atoms with Gasteiger partial charge in [0.25, 0.3) is 5.91 Å². The fourth-order valence-electron chi connectivity index (χ4n) is 5.51. The summed E-state index contributed by atoms with van der Waals surface area (Å²) in [6.07, 6.45) is -6.59. The Kier molecular flexibility index (Phi) is 15.7. The highest BCUT2D eigenvalue weighted by Crippen LogP contribution is 2.41. The number of nitrogens with one attached hydrogen (secondary N) is 3. The number of carbonyl (C=O) groups is 4. The molecule has 0 aliphatic rings. The maximum absolute atomic E-state index is 14.9. The van der Waals surface area contributed by atoms with Gasteiger partial charge in [-0.2, -0.15) is 13.2 Å². The van der Waals surface area contributed by atoms with E-state index in [-0.39, 0.29) is 55.2 Å². The van der Waals surface area contributed by atoms with Crippen LogP contribution in [0.2, 0.25) is 0 Å². The summed E-state index contributed by atoms with van der Waals surface area (Å²) < 4.78 is 79.8. The van der Waals surface area contributed by atoms with Crippen LogP contribution in [0.25, 0.3) is 11.1 Å². The smallest absolute Gasteiger partial charge is 0.428 e. The highest BCUT2D eigenvalue weighted by atomic mass is 79.9. The van der Waals surface area contributed by atoms with Crippen LogP contribution >= 0.6 is 15.9 Å². The van der Waals surface area contributed by atoms with Gasteiger partial charge < -0.3 is 35.1 Å². The molecule has 18 heteroatoms. The molecule has 0 aliphatic carbocycles. The van der Waals surface area contributed by atoms with Gasteiger partial charge in [0.05, 0.1) is 18.5 Å². The van der Waals surface area contributed by atoms with Gasteiger partial charge in [-0.1, -0.05) is 67.0 Å². The largest absolute Gasteiger partial charge is 0.491 e. The number of aliphatic hydroxyl groups excluding tert-OH is 1. The molecular weight excluding hydrogens is 789 g/mol. The van der Waals surface area contributed by atoms with Crippen molar-refractivity contribution >= 4 is 39.6 Å². The van der Waals surface area contributed by atoms with Crippen molar-refractivity contribution in [2.75, 3.05) is 38.2 Å². The lowest BCUT2D eigenvalue weighted by atomic mass is 9.74. The lowest BCUT2D eigenvalue weighted by molar-refractivity contribution is -0.214. The number of rotatable bonds is 18.